The number of carbonyl (C=O) groups excluding carboxylic acids is 2. The molecule has 0 radical (unpaired) electrons. The molecule has 0 bridgehead atoms. The Morgan fingerprint density at radius 1 is 1.08 bits per heavy atom. The Balaban J connectivity index is 0.000000424. The lowest BCUT2D eigenvalue weighted by Crippen LogP contribution is -1.82. The molecule has 0 atom stereocenters. The standard InChI is InChI=1S/C8H6O2.C2H6O/c9-5-7-2-1-3-8(4-7)6-10;1-3-2/h1-6H;1-2H3. The second-order valence-electron chi connectivity index (χ2n) is 2.31. The highest BCUT2D eigenvalue weighted by molar-refractivity contribution is 5.81. The van der Waals surface area contributed by atoms with Crippen molar-refractivity contribution in [1.82, 2.24) is 0 Å². The number of methoxy groups -OCH3 is 1. The molecule has 0 amide bonds. The highest BCUT2D eigenvalue weighted by Gasteiger charge is 1.90. The molecule has 0 aromatic heterocycles. The average Bonchev–Trinajstić information content (AvgIpc) is 2.19. The fourth-order valence-electron chi connectivity index (χ4n) is 0.706. The lowest BCUT2D eigenvalue weighted by atomic mass is 10.2. The predicted molar refractivity (Wildman–Crippen MR) is 50.2 cm³/mol. The Morgan fingerprint density at radius 3 is 1.77 bits per heavy atom. The van der Waals surface area contributed by atoms with Gasteiger partial charge in [-0.15, -0.1) is 0 Å². The van der Waals surface area contributed by atoms with Crippen LogP contribution < -0.4 is 0 Å². The van der Waals surface area contributed by atoms with E-state index in [0.717, 1.165) is 0 Å². The number of hydrogen-bond donors (Lipinski definition) is 0. The predicted octanol–water partition coefficient (Wildman–Crippen LogP) is 1.57. The number of rotatable bonds is 2. The first-order valence-corrected chi connectivity index (χ1v) is 3.69. The van der Waals surface area contributed by atoms with Crippen LogP contribution in [0.15, 0.2) is 24.3 Å². The maximum atomic E-state index is 10.2. The Kier molecular flexibility index (Phi) is 6.37. The molecule has 0 heterocycles. The molecule has 70 valence electrons. The first-order chi connectivity index (χ1) is 6.28. The van der Waals surface area contributed by atoms with Crippen LogP contribution in [0, 0.1) is 0 Å². The van der Waals surface area contributed by atoms with Crippen LogP contribution in [0.3, 0.4) is 0 Å². The SMILES string of the molecule is COC.O=Cc1cccc(C=O)c1. The third kappa shape index (κ3) is 4.87. The van der Waals surface area contributed by atoms with Gasteiger partial charge in [0, 0.05) is 25.3 Å². The summed E-state index contributed by atoms with van der Waals surface area (Å²) in [5, 5.41) is 0. The van der Waals surface area contributed by atoms with Crippen LogP contribution in [0.5, 0.6) is 0 Å². The van der Waals surface area contributed by atoms with E-state index in [0.29, 0.717) is 23.7 Å². The fraction of sp³-hybridized carbons (Fsp3) is 0.200. The van der Waals surface area contributed by atoms with Gasteiger partial charge >= 0.3 is 0 Å². The van der Waals surface area contributed by atoms with Gasteiger partial charge in [0.1, 0.15) is 12.6 Å². The van der Waals surface area contributed by atoms with Crippen molar-refractivity contribution in [3.05, 3.63) is 35.4 Å². The molecule has 0 fully saturated rings. The summed E-state index contributed by atoms with van der Waals surface area (Å²) in [5.41, 5.74) is 1.06. The molecule has 3 nitrogen and oxygen atoms in total. The average molecular weight is 180 g/mol. The highest BCUT2D eigenvalue weighted by Crippen LogP contribution is 1.99. The van der Waals surface area contributed by atoms with Gasteiger partial charge in [-0.2, -0.15) is 0 Å². The van der Waals surface area contributed by atoms with Crippen LogP contribution in [0.4, 0.5) is 0 Å². The zero-order valence-electron chi connectivity index (χ0n) is 7.69. The first-order valence-electron chi connectivity index (χ1n) is 3.69. The Morgan fingerprint density at radius 2 is 1.46 bits per heavy atom. The van der Waals surface area contributed by atoms with Gasteiger partial charge in [-0.25, -0.2) is 0 Å². The summed E-state index contributed by atoms with van der Waals surface area (Å²) >= 11 is 0. The van der Waals surface area contributed by atoms with Gasteiger partial charge in [-0.1, -0.05) is 18.2 Å². The molecule has 0 N–H and O–H groups in total. The van der Waals surface area contributed by atoms with Gasteiger partial charge in [-0.3, -0.25) is 9.59 Å². The van der Waals surface area contributed by atoms with E-state index in [4.69, 9.17) is 0 Å². The van der Waals surface area contributed by atoms with Crippen molar-refractivity contribution in [2.24, 2.45) is 0 Å². The van der Waals surface area contributed by atoms with E-state index in [1.807, 2.05) is 0 Å². The molecule has 1 rings (SSSR count). The third-order valence-corrected chi connectivity index (χ3v) is 1.18. The molecular weight excluding hydrogens is 168 g/mol. The summed E-state index contributed by atoms with van der Waals surface area (Å²) in [5.74, 6) is 0. The Hall–Kier alpha value is -1.48. The second kappa shape index (κ2) is 7.18. The lowest BCUT2D eigenvalue weighted by molar-refractivity contribution is 0.112. The van der Waals surface area contributed by atoms with Gasteiger partial charge < -0.3 is 4.74 Å². The monoisotopic (exact) mass is 180 g/mol. The van der Waals surface area contributed by atoms with Crippen LogP contribution >= 0.6 is 0 Å². The number of aldehydes is 2. The van der Waals surface area contributed by atoms with Crippen molar-refractivity contribution in [2.45, 2.75) is 0 Å². The molecule has 3 heteroatoms. The highest BCUT2D eigenvalue weighted by atomic mass is 16.4. The molecule has 0 saturated heterocycles. The maximum Gasteiger partial charge on any atom is 0.150 e. The molecule has 0 spiro atoms. The fourth-order valence-corrected chi connectivity index (χ4v) is 0.706. The van der Waals surface area contributed by atoms with Crippen molar-refractivity contribution in [3.63, 3.8) is 0 Å². The van der Waals surface area contributed by atoms with Crippen LogP contribution in [0.1, 0.15) is 20.7 Å². The molecule has 1 aromatic carbocycles. The number of benzene rings is 1. The summed E-state index contributed by atoms with van der Waals surface area (Å²) in [6.07, 6.45) is 1.43. The van der Waals surface area contributed by atoms with Gasteiger partial charge in [0.15, 0.2) is 0 Å². The van der Waals surface area contributed by atoms with Gasteiger partial charge in [0.25, 0.3) is 0 Å². The molecule has 13 heavy (non-hydrogen) atoms. The van der Waals surface area contributed by atoms with Gasteiger partial charge in [0.05, 0.1) is 0 Å². The molecule has 0 unspecified atom stereocenters. The number of ether oxygens (including phenoxy) is 1. The summed E-state index contributed by atoms with van der Waals surface area (Å²) in [4.78, 5) is 20.3. The van der Waals surface area contributed by atoms with E-state index in [-0.39, 0.29) is 0 Å². The Bertz CT molecular complexity index is 245. The zero-order valence-corrected chi connectivity index (χ0v) is 7.69. The van der Waals surface area contributed by atoms with Crippen molar-refractivity contribution in [1.29, 1.82) is 0 Å². The molecule has 0 aliphatic carbocycles. The smallest absolute Gasteiger partial charge is 0.150 e. The summed E-state index contributed by atoms with van der Waals surface area (Å²) in [6.45, 7) is 0. The van der Waals surface area contributed by atoms with E-state index in [1.165, 1.54) is 0 Å². The van der Waals surface area contributed by atoms with Crippen molar-refractivity contribution in [3.8, 4) is 0 Å². The maximum absolute atomic E-state index is 10.2. The van der Waals surface area contributed by atoms with Crippen LogP contribution in [0.2, 0.25) is 0 Å². The quantitative estimate of drug-likeness (QED) is 0.649. The number of carbonyl (C=O) groups is 2. The van der Waals surface area contributed by atoms with E-state index < -0.39 is 0 Å². The molecule has 1 aromatic rings. The molecule has 0 aliphatic rings. The van der Waals surface area contributed by atoms with E-state index >= 15 is 0 Å². The Labute approximate surface area is 77.3 Å². The van der Waals surface area contributed by atoms with E-state index in [1.54, 1.807) is 38.5 Å². The lowest BCUT2D eigenvalue weighted by Gasteiger charge is -1.89. The minimum Gasteiger partial charge on any atom is -0.388 e. The summed E-state index contributed by atoms with van der Waals surface area (Å²) in [6, 6.07) is 6.52. The first kappa shape index (κ1) is 11.5. The van der Waals surface area contributed by atoms with Crippen molar-refractivity contribution >= 4 is 12.6 Å². The third-order valence-electron chi connectivity index (χ3n) is 1.18. The van der Waals surface area contributed by atoms with Crippen LogP contribution in [-0.4, -0.2) is 26.8 Å². The number of hydrogen-bond acceptors (Lipinski definition) is 3. The van der Waals surface area contributed by atoms with E-state index in [2.05, 4.69) is 4.74 Å². The summed E-state index contributed by atoms with van der Waals surface area (Å²) < 4.78 is 4.25. The zero-order chi connectivity index (χ0) is 10.1. The molecule has 0 aliphatic heterocycles. The van der Waals surface area contributed by atoms with Crippen molar-refractivity contribution in [2.75, 3.05) is 14.2 Å². The second-order valence-corrected chi connectivity index (χ2v) is 2.31. The van der Waals surface area contributed by atoms with Crippen LogP contribution in [0.25, 0.3) is 0 Å². The van der Waals surface area contributed by atoms with Crippen molar-refractivity contribution < 1.29 is 14.3 Å². The normalized spacial score (nSPS) is 8.15. The van der Waals surface area contributed by atoms with E-state index in [9.17, 15) is 9.59 Å². The minimum atomic E-state index is 0.532. The van der Waals surface area contributed by atoms with Gasteiger partial charge in [0.2, 0.25) is 0 Å². The molecule has 0 saturated carbocycles. The van der Waals surface area contributed by atoms with Gasteiger partial charge in [-0.05, 0) is 6.07 Å². The summed E-state index contributed by atoms with van der Waals surface area (Å²) in [7, 11) is 3.25. The minimum absolute atomic E-state index is 0.532. The van der Waals surface area contributed by atoms with Crippen LogP contribution in [-0.2, 0) is 4.74 Å². The molecular formula is C10H12O3. The topological polar surface area (TPSA) is 43.4 Å². The largest absolute Gasteiger partial charge is 0.388 e.